The van der Waals surface area contributed by atoms with Gasteiger partial charge in [0, 0.05) is 30.1 Å². The van der Waals surface area contributed by atoms with Gasteiger partial charge in [-0.2, -0.15) is 0 Å². The number of nitrogens with zero attached hydrogens (tertiary/aromatic N) is 2. The van der Waals surface area contributed by atoms with Crippen LogP contribution in [0.1, 0.15) is 34.6 Å². The molecule has 1 saturated heterocycles. The van der Waals surface area contributed by atoms with Crippen LogP contribution < -0.4 is 15.3 Å². The molecule has 2 aromatic carbocycles. The number of aliphatic hydroxyl groups excluding tert-OH is 1. The summed E-state index contributed by atoms with van der Waals surface area (Å²) >= 11 is 0. The van der Waals surface area contributed by atoms with Crippen molar-refractivity contribution in [3.63, 3.8) is 0 Å². The van der Waals surface area contributed by atoms with Gasteiger partial charge in [0.25, 0.3) is 0 Å². The molecule has 5 unspecified atom stereocenters. The van der Waals surface area contributed by atoms with Crippen LogP contribution in [0.4, 0.5) is 0 Å². The Morgan fingerprint density at radius 3 is 2.62 bits per heavy atom. The molecular weight excluding hydrogens is 535 g/mol. The minimum Gasteiger partial charge on any atom is -0.462 e. The molecule has 0 bridgehead atoms. The second-order valence-corrected chi connectivity index (χ2v) is 11.1. The average molecular weight is 575 g/mol. The minimum atomic E-state index is -1.88. The fourth-order valence-corrected chi connectivity index (χ4v) is 5.36. The second kappa shape index (κ2) is 14.5. The molecule has 11 nitrogen and oxygen atoms in total. The molecular formula is C28H39N4O7P. The highest BCUT2D eigenvalue weighted by Crippen LogP contribution is 2.41. The molecule has 218 valence electrons. The Kier molecular flexibility index (Phi) is 11.4. The van der Waals surface area contributed by atoms with Crippen LogP contribution in [0.3, 0.4) is 0 Å². The van der Waals surface area contributed by atoms with Crippen LogP contribution in [0.25, 0.3) is 10.8 Å². The van der Waals surface area contributed by atoms with Gasteiger partial charge in [-0.25, -0.2) is 5.09 Å². The second-order valence-electron chi connectivity index (χ2n) is 9.85. The van der Waals surface area contributed by atoms with Crippen molar-refractivity contribution in [1.82, 2.24) is 9.99 Å². The highest BCUT2D eigenvalue weighted by atomic mass is 31.2. The number of aliphatic hydroxyl groups is 1. The number of carbonyl (C=O) groups is 2. The number of amides is 1. The molecule has 3 rings (SSSR count). The highest BCUT2D eigenvalue weighted by molar-refractivity contribution is 7.45. The summed E-state index contributed by atoms with van der Waals surface area (Å²) in [7, 11) is -0.329. The molecule has 1 heterocycles. The third-order valence-electron chi connectivity index (χ3n) is 6.38. The van der Waals surface area contributed by atoms with E-state index < -0.39 is 44.9 Å². The van der Waals surface area contributed by atoms with Crippen molar-refractivity contribution in [1.29, 1.82) is 0 Å². The van der Waals surface area contributed by atoms with Gasteiger partial charge in [0.1, 0.15) is 30.0 Å². The lowest BCUT2D eigenvalue weighted by molar-refractivity contribution is -0.149. The summed E-state index contributed by atoms with van der Waals surface area (Å²) in [6, 6.07) is 12.7. The van der Waals surface area contributed by atoms with E-state index in [1.54, 1.807) is 41.7 Å². The number of benzene rings is 2. The number of nitrogens with one attached hydrogen (secondary N) is 1. The van der Waals surface area contributed by atoms with Crippen LogP contribution in [0.2, 0.25) is 0 Å². The van der Waals surface area contributed by atoms with Crippen molar-refractivity contribution in [2.45, 2.75) is 65.2 Å². The van der Waals surface area contributed by atoms with Crippen LogP contribution in [0.15, 0.2) is 59.2 Å². The van der Waals surface area contributed by atoms with E-state index in [0.717, 1.165) is 10.8 Å². The van der Waals surface area contributed by atoms with Gasteiger partial charge >= 0.3 is 14.5 Å². The first-order chi connectivity index (χ1) is 19.0. The molecule has 2 aromatic rings. The van der Waals surface area contributed by atoms with E-state index in [1.807, 2.05) is 42.5 Å². The predicted molar refractivity (Wildman–Crippen MR) is 154 cm³/mol. The molecule has 40 heavy (non-hydrogen) atoms. The molecule has 0 aromatic heterocycles. The van der Waals surface area contributed by atoms with Crippen molar-refractivity contribution in [3.8, 4) is 5.75 Å². The first kappa shape index (κ1) is 31.4. The maximum atomic E-state index is 12.5. The largest absolute Gasteiger partial charge is 0.462 e. The SMILES string of the molecule is C/N=C(N)\C(C)=C/N(C=O)C1OC(CO[P@](NC(C)C(=O)OC(C)C)Oc2cccc3ccccc23)C(O)C1C. The lowest BCUT2D eigenvalue weighted by atomic mass is 10.0. The van der Waals surface area contributed by atoms with Gasteiger partial charge in [-0.05, 0) is 39.1 Å². The maximum absolute atomic E-state index is 12.5. The van der Waals surface area contributed by atoms with E-state index in [9.17, 15) is 14.7 Å². The Hall–Kier alpha value is -3.08. The number of amidine groups is 1. The summed E-state index contributed by atoms with van der Waals surface area (Å²) in [6.45, 7) is 8.65. The van der Waals surface area contributed by atoms with Crippen molar-refractivity contribution < 1.29 is 33.2 Å². The summed E-state index contributed by atoms with van der Waals surface area (Å²) in [5.41, 5.74) is 6.43. The lowest BCUT2D eigenvalue weighted by Crippen LogP contribution is -2.36. The van der Waals surface area contributed by atoms with Crippen molar-refractivity contribution in [2.75, 3.05) is 13.7 Å². The van der Waals surface area contributed by atoms with Crippen molar-refractivity contribution in [3.05, 3.63) is 54.2 Å². The third kappa shape index (κ3) is 7.99. The molecule has 0 radical (unpaired) electrons. The van der Waals surface area contributed by atoms with Crippen molar-refractivity contribution in [2.24, 2.45) is 16.6 Å². The number of rotatable bonds is 13. The van der Waals surface area contributed by atoms with Crippen LogP contribution in [0.5, 0.6) is 5.75 Å². The van der Waals surface area contributed by atoms with Crippen LogP contribution in [0, 0.1) is 5.92 Å². The monoisotopic (exact) mass is 574 g/mol. The van der Waals surface area contributed by atoms with Gasteiger partial charge in [-0.15, -0.1) is 0 Å². The van der Waals surface area contributed by atoms with E-state index in [4.69, 9.17) is 24.3 Å². The zero-order chi connectivity index (χ0) is 29.4. The molecule has 1 fully saturated rings. The number of ether oxygens (including phenoxy) is 2. The Labute approximate surface area is 236 Å². The zero-order valence-electron chi connectivity index (χ0n) is 23.7. The summed E-state index contributed by atoms with van der Waals surface area (Å²) in [6.07, 6.45) is -0.583. The fourth-order valence-electron chi connectivity index (χ4n) is 4.14. The lowest BCUT2D eigenvalue weighted by Gasteiger charge is -2.25. The highest BCUT2D eigenvalue weighted by Gasteiger charge is 2.44. The van der Waals surface area contributed by atoms with Gasteiger partial charge in [0.15, 0.2) is 0 Å². The number of hydrogen-bond acceptors (Lipinski definition) is 9. The van der Waals surface area contributed by atoms with E-state index >= 15 is 0 Å². The van der Waals surface area contributed by atoms with Gasteiger partial charge in [-0.3, -0.25) is 19.5 Å². The Morgan fingerprint density at radius 2 is 1.95 bits per heavy atom. The van der Waals surface area contributed by atoms with E-state index in [1.165, 1.54) is 11.1 Å². The van der Waals surface area contributed by atoms with Crippen LogP contribution >= 0.6 is 8.53 Å². The Balaban J connectivity index is 1.77. The number of fused-ring (bicyclic) bond motifs is 1. The van der Waals surface area contributed by atoms with Crippen LogP contribution in [-0.4, -0.2) is 72.5 Å². The average Bonchev–Trinajstić information content (AvgIpc) is 3.22. The Morgan fingerprint density at radius 1 is 1.25 bits per heavy atom. The number of esters is 1. The van der Waals surface area contributed by atoms with E-state index in [2.05, 4.69) is 10.1 Å². The third-order valence-corrected chi connectivity index (χ3v) is 7.72. The molecule has 6 atom stereocenters. The molecule has 12 heteroatoms. The maximum Gasteiger partial charge on any atom is 0.323 e. The first-order valence-corrected chi connectivity index (χ1v) is 14.3. The first-order valence-electron chi connectivity index (χ1n) is 13.1. The summed E-state index contributed by atoms with van der Waals surface area (Å²) in [5.74, 6) is -0.0218. The zero-order valence-corrected chi connectivity index (χ0v) is 24.6. The molecule has 1 amide bonds. The quantitative estimate of drug-likeness (QED) is 0.108. The summed E-state index contributed by atoms with van der Waals surface area (Å²) in [4.78, 5) is 29.6. The number of carbonyl (C=O) groups excluding carboxylic acids is 2. The molecule has 1 aliphatic rings. The molecule has 0 spiro atoms. The van der Waals surface area contributed by atoms with Crippen molar-refractivity contribution >= 4 is 37.5 Å². The molecule has 0 aliphatic carbocycles. The Bertz CT molecular complexity index is 1220. The fraction of sp³-hybridized carbons (Fsp3) is 0.464. The molecule has 1 aliphatic heterocycles. The summed E-state index contributed by atoms with van der Waals surface area (Å²) in [5, 5.41) is 15.9. The van der Waals surface area contributed by atoms with Gasteiger partial charge < -0.3 is 29.4 Å². The number of aliphatic imine (C=N–C) groups is 1. The summed E-state index contributed by atoms with van der Waals surface area (Å²) < 4.78 is 23.7. The van der Waals surface area contributed by atoms with E-state index in [-0.39, 0.29) is 18.5 Å². The topological polar surface area (TPSA) is 145 Å². The van der Waals surface area contributed by atoms with Gasteiger partial charge in [-0.1, -0.05) is 43.3 Å². The molecule has 4 N–H and O–H groups in total. The number of nitrogens with two attached hydrogens (primary N) is 1. The minimum absolute atomic E-state index is 0.0641. The predicted octanol–water partition coefficient (Wildman–Crippen LogP) is 3.46. The normalized spacial score (nSPS) is 23.2. The molecule has 0 saturated carbocycles. The number of hydrogen-bond donors (Lipinski definition) is 3. The van der Waals surface area contributed by atoms with Gasteiger partial charge in [0.05, 0.1) is 18.8 Å². The van der Waals surface area contributed by atoms with Gasteiger partial charge in [0.2, 0.25) is 6.41 Å². The standard InChI is InChI=1S/C28H39N4O7P/c1-17(2)37-28(35)20(5)31-40(39-23-13-9-11-21-10-7-8-12-22(21)23)36-15-24-25(34)19(4)27(38-24)32(16-33)14-18(3)26(29)30-6/h7-14,16-17,19-20,24-25,27,31,34H,15H2,1-6H3,(H2,29,30)/b18-14-/t19?,20?,24?,25?,27?,40-/m0/s1. The van der Waals surface area contributed by atoms with E-state index in [0.29, 0.717) is 17.7 Å². The van der Waals surface area contributed by atoms with Crippen LogP contribution in [-0.2, 0) is 23.6 Å². The smallest absolute Gasteiger partial charge is 0.323 e.